The molecule has 0 aliphatic carbocycles. The molecule has 0 spiro atoms. The number of likely N-dealkylation sites (tertiary alicyclic amines) is 1. The van der Waals surface area contributed by atoms with Crippen molar-refractivity contribution in [3.8, 4) is 0 Å². The first-order valence-electron chi connectivity index (χ1n) is 8.82. The Labute approximate surface area is 139 Å². The second kappa shape index (κ2) is 7.02. The van der Waals surface area contributed by atoms with Gasteiger partial charge in [-0.25, -0.2) is 0 Å². The second-order valence-electron chi connectivity index (χ2n) is 7.07. The number of carbonyl (C=O) groups is 1. The number of rotatable bonds is 3. The van der Waals surface area contributed by atoms with Crippen LogP contribution in [0.25, 0.3) is 0 Å². The van der Waals surface area contributed by atoms with E-state index in [4.69, 9.17) is 10.5 Å². The molecule has 1 amide bonds. The third kappa shape index (κ3) is 3.29. The van der Waals surface area contributed by atoms with E-state index in [1.165, 1.54) is 0 Å². The second-order valence-corrected chi connectivity index (χ2v) is 7.07. The maximum Gasteiger partial charge on any atom is 0.233 e. The Hall–Kier alpha value is -1.39. The van der Waals surface area contributed by atoms with Crippen molar-refractivity contribution in [2.45, 2.75) is 44.1 Å². The Kier molecular flexibility index (Phi) is 5.02. The van der Waals surface area contributed by atoms with E-state index >= 15 is 0 Å². The molecular weight excluding hydrogens is 288 g/mol. The summed E-state index contributed by atoms with van der Waals surface area (Å²) in [4.78, 5) is 15.5. The number of carbonyl (C=O) groups excluding carboxylic acids is 1. The van der Waals surface area contributed by atoms with Gasteiger partial charge in [0.2, 0.25) is 5.91 Å². The topological polar surface area (TPSA) is 55.6 Å². The molecule has 4 heteroatoms. The zero-order chi connectivity index (χ0) is 16.3. The van der Waals surface area contributed by atoms with Gasteiger partial charge in [0.25, 0.3) is 0 Å². The molecule has 2 unspecified atom stereocenters. The molecule has 0 saturated carbocycles. The van der Waals surface area contributed by atoms with Gasteiger partial charge < -0.3 is 15.4 Å². The average molecular weight is 316 g/mol. The standard InChI is InChI=1S/C19H28N2O2/c1-15(20)16-6-5-11-21(14-16)18(22)19(9-12-23-13-10-19)17-7-3-2-4-8-17/h2-4,7-8,15-16H,5-6,9-14,20H2,1H3. The fourth-order valence-electron chi connectivity index (χ4n) is 4.03. The summed E-state index contributed by atoms with van der Waals surface area (Å²) in [6.45, 7) is 5.03. The van der Waals surface area contributed by atoms with Gasteiger partial charge in [0.05, 0.1) is 5.41 Å². The summed E-state index contributed by atoms with van der Waals surface area (Å²) in [5.74, 6) is 0.692. The maximum atomic E-state index is 13.5. The van der Waals surface area contributed by atoms with Gasteiger partial charge in [-0.1, -0.05) is 30.3 Å². The fraction of sp³-hybridized carbons (Fsp3) is 0.632. The molecule has 1 aromatic rings. The van der Waals surface area contributed by atoms with Crippen LogP contribution >= 0.6 is 0 Å². The summed E-state index contributed by atoms with van der Waals surface area (Å²) >= 11 is 0. The van der Waals surface area contributed by atoms with E-state index in [-0.39, 0.29) is 11.9 Å². The predicted molar refractivity (Wildman–Crippen MR) is 91.1 cm³/mol. The molecule has 2 fully saturated rings. The van der Waals surface area contributed by atoms with Crippen LogP contribution in [0, 0.1) is 5.92 Å². The van der Waals surface area contributed by atoms with Gasteiger partial charge in [-0.3, -0.25) is 4.79 Å². The minimum absolute atomic E-state index is 0.146. The van der Waals surface area contributed by atoms with Gasteiger partial charge in [-0.05, 0) is 44.1 Å². The van der Waals surface area contributed by atoms with Crippen molar-refractivity contribution < 1.29 is 9.53 Å². The summed E-state index contributed by atoms with van der Waals surface area (Å²) < 4.78 is 5.55. The number of hydrogen-bond donors (Lipinski definition) is 1. The lowest BCUT2D eigenvalue weighted by Gasteiger charge is -2.43. The summed E-state index contributed by atoms with van der Waals surface area (Å²) in [6.07, 6.45) is 3.73. The van der Waals surface area contributed by atoms with Gasteiger partial charge >= 0.3 is 0 Å². The van der Waals surface area contributed by atoms with E-state index in [9.17, 15) is 4.79 Å². The van der Waals surface area contributed by atoms with Gasteiger partial charge in [0, 0.05) is 32.3 Å². The van der Waals surface area contributed by atoms with Crippen LogP contribution in [-0.2, 0) is 14.9 Å². The average Bonchev–Trinajstić information content (AvgIpc) is 2.62. The van der Waals surface area contributed by atoms with Gasteiger partial charge in [0.1, 0.15) is 0 Å². The first kappa shape index (κ1) is 16.5. The lowest BCUT2D eigenvalue weighted by atomic mass is 9.72. The molecular formula is C19H28N2O2. The summed E-state index contributed by atoms with van der Waals surface area (Å²) in [7, 11) is 0. The van der Waals surface area contributed by atoms with Crippen molar-refractivity contribution in [1.29, 1.82) is 0 Å². The number of amides is 1. The van der Waals surface area contributed by atoms with Gasteiger partial charge in [-0.2, -0.15) is 0 Å². The van der Waals surface area contributed by atoms with Crippen molar-refractivity contribution in [1.82, 2.24) is 4.90 Å². The molecule has 3 rings (SSSR count). The van der Waals surface area contributed by atoms with Gasteiger partial charge in [0.15, 0.2) is 0 Å². The predicted octanol–water partition coefficient (Wildman–Crippen LogP) is 2.32. The Morgan fingerprint density at radius 2 is 2.00 bits per heavy atom. The Morgan fingerprint density at radius 3 is 2.65 bits per heavy atom. The zero-order valence-electron chi connectivity index (χ0n) is 14.0. The number of piperidine rings is 1. The van der Waals surface area contributed by atoms with E-state index < -0.39 is 5.41 Å². The highest BCUT2D eigenvalue weighted by molar-refractivity contribution is 5.88. The SMILES string of the molecule is CC(N)C1CCCN(C(=O)C2(c3ccccc3)CCOCC2)C1. The molecule has 2 atom stereocenters. The summed E-state index contributed by atoms with van der Waals surface area (Å²) in [5.41, 5.74) is 6.81. The molecule has 0 aromatic heterocycles. The largest absolute Gasteiger partial charge is 0.381 e. The minimum atomic E-state index is -0.417. The van der Waals surface area contributed by atoms with Crippen molar-refractivity contribution in [3.63, 3.8) is 0 Å². The van der Waals surface area contributed by atoms with Crippen LogP contribution in [0.15, 0.2) is 30.3 Å². The van der Waals surface area contributed by atoms with Crippen molar-refractivity contribution in [2.24, 2.45) is 11.7 Å². The lowest BCUT2D eigenvalue weighted by molar-refractivity contribution is -0.143. The monoisotopic (exact) mass is 316 g/mol. The summed E-state index contributed by atoms with van der Waals surface area (Å²) in [5, 5.41) is 0. The van der Waals surface area contributed by atoms with Crippen LogP contribution in [-0.4, -0.2) is 43.2 Å². The van der Waals surface area contributed by atoms with Crippen molar-refractivity contribution in [3.05, 3.63) is 35.9 Å². The molecule has 126 valence electrons. The molecule has 2 aliphatic heterocycles. The van der Waals surface area contributed by atoms with E-state index in [0.717, 1.165) is 44.3 Å². The third-order valence-electron chi connectivity index (χ3n) is 5.57. The first-order chi connectivity index (χ1) is 11.1. The number of nitrogens with two attached hydrogens (primary N) is 1. The fourth-order valence-corrected chi connectivity index (χ4v) is 4.03. The molecule has 2 N–H and O–H groups in total. The van der Waals surface area contributed by atoms with Crippen LogP contribution in [0.2, 0.25) is 0 Å². The molecule has 4 nitrogen and oxygen atoms in total. The number of ether oxygens (including phenoxy) is 1. The van der Waals surface area contributed by atoms with Crippen LogP contribution in [0.4, 0.5) is 0 Å². The molecule has 0 bridgehead atoms. The summed E-state index contributed by atoms with van der Waals surface area (Å²) in [6, 6.07) is 10.4. The van der Waals surface area contributed by atoms with Crippen molar-refractivity contribution >= 4 is 5.91 Å². The molecule has 2 saturated heterocycles. The van der Waals surface area contributed by atoms with Crippen LogP contribution in [0.5, 0.6) is 0 Å². The quantitative estimate of drug-likeness (QED) is 0.931. The van der Waals surface area contributed by atoms with E-state index in [2.05, 4.69) is 24.0 Å². The van der Waals surface area contributed by atoms with E-state index in [0.29, 0.717) is 19.1 Å². The van der Waals surface area contributed by atoms with Gasteiger partial charge in [-0.15, -0.1) is 0 Å². The van der Waals surface area contributed by atoms with Crippen molar-refractivity contribution in [2.75, 3.05) is 26.3 Å². The normalized spacial score (nSPS) is 25.8. The number of hydrogen-bond acceptors (Lipinski definition) is 3. The highest BCUT2D eigenvalue weighted by atomic mass is 16.5. The first-order valence-corrected chi connectivity index (χ1v) is 8.82. The molecule has 0 radical (unpaired) electrons. The minimum Gasteiger partial charge on any atom is -0.381 e. The highest BCUT2D eigenvalue weighted by Crippen LogP contribution is 2.37. The maximum absolute atomic E-state index is 13.5. The van der Waals surface area contributed by atoms with Crippen LogP contribution in [0.3, 0.4) is 0 Å². The molecule has 1 aromatic carbocycles. The Morgan fingerprint density at radius 1 is 1.30 bits per heavy atom. The molecule has 2 heterocycles. The highest BCUT2D eigenvalue weighted by Gasteiger charge is 2.44. The molecule has 2 aliphatic rings. The Bertz CT molecular complexity index is 523. The zero-order valence-corrected chi connectivity index (χ0v) is 14.0. The number of benzene rings is 1. The van der Waals surface area contributed by atoms with E-state index in [1.54, 1.807) is 0 Å². The van der Waals surface area contributed by atoms with Crippen LogP contribution < -0.4 is 5.73 Å². The van der Waals surface area contributed by atoms with Crippen LogP contribution in [0.1, 0.15) is 38.2 Å². The lowest BCUT2D eigenvalue weighted by Crippen LogP contribution is -2.54. The smallest absolute Gasteiger partial charge is 0.233 e. The number of nitrogens with zero attached hydrogens (tertiary/aromatic N) is 1. The molecule has 23 heavy (non-hydrogen) atoms. The van der Waals surface area contributed by atoms with E-state index in [1.807, 2.05) is 18.2 Å². The Balaban J connectivity index is 1.86. The third-order valence-corrected chi connectivity index (χ3v) is 5.57.